The van der Waals surface area contributed by atoms with Crippen LogP contribution in [0.1, 0.15) is 43.2 Å². The van der Waals surface area contributed by atoms with Gasteiger partial charge in [-0.25, -0.2) is 4.98 Å². The summed E-state index contributed by atoms with van der Waals surface area (Å²) >= 11 is 0. The van der Waals surface area contributed by atoms with Crippen LogP contribution in [0.3, 0.4) is 0 Å². The Bertz CT molecular complexity index is 544. The van der Waals surface area contributed by atoms with E-state index >= 15 is 0 Å². The standard InChI is InChI=1S/C14H18N4O/c1-10-6-5-8-12(16-10)14-17-13(18-19-14)11-7-3-2-4-9-15-11/h5-6,8,11,15H,2-4,7,9H2,1H3. The molecule has 0 bridgehead atoms. The minimum atomic E-state index is 0.213. The molecule has 1 aliphatic rings. The van der Waals surface area contributed by atoms with Crippen LogP contribution in [0.15, 0.2) is 22.7 Å². The van der Waals surface area contributed by atoms with Crippen molar-refractivity contribution in [3.05, 3.63) is 29.7 Å². The first kappa shape index (κ1) is 12.3. The molecule has 3 heterocycles. The van der Waals surface area contributed by atoms with Gasteiger partial charge in [-0.15, -0.1) is 0 Å². The van der Waals surface area contributed by atoms with Gasteiger partial charge in [-0.3, -0.25) is 0 Å². The van der Waals surface area contributed by atoms with Crippen LogP contribution < -0.4 is 5.32 Å². The zero-order valence-corrected chi connectivity index (χ0v) is 11.1. The average Bonchev–Trinajstić information content (AvgIpc) is 2.75. The summed E-state index contributed by atoms with van der Waals surface area (Å²) in [4.78, 5) is 8.89. The van der Waals surface area contributed by atoms with E-state index in [1.807, 2.05) is 25.1 Å². The molecule has 19 heavy (non-hydrogen) atoms. The second-order valence-corrected chi connectivity index (χ2v) is 4.98. The van der Waals surface area contributed by atoms with Crippen LogP contribution in [-0.2, 0) is 0 Å². The molecule has 2 aromatic rings. The van der Waals surface area contributed by atoms with Crippen molar-refractivity contribution in [1.29, 1.82) is 0 Å². The fourth-order valence-corrected chi connectivity index (χ4v) is 2.39. The van der Waals surface area contributed by atoms with Gasteiger partial charge < -0.3 is 9.84 Å². The van der Waals surface area contributed by atoms with Gasteiger partial charge >= 0.3 is 0 Å². The first-order chi connectivity index (χ1) is 9.33. The van der Waals surface area contributed by atoms with Crippen molar-refractivity contribution in [3.63, 3.8) is 0 Å². The molecule has 0 aromatic carbocycles. The van der Waals surface area contributed by atoms with Crippen LogP contribution in [-0.4, -0.2) is 21.7 Å². The van der Waals surface area contributed by atoms with Crippen molar-refractivity contribution in [2.45, 2.75) is 38.6 Å². The monoisotopic (exact) mass is 258 g/mol. The molecule has 0 saturated carbocycles. The molecule has 0 aliphatic carbocycles. The Morgan fingerprint density at radius 3 is 3.05 bits per heavy atom. The minimum absolute atomic E-state index is 0.213. The van der Waals surface area contributed by atoms with Crippen LogP contribution in [0.5, 0.6) is 0 Å². The third-order valence-electron chi connectivity index (χ3n) is 3.42. The molecule has 0 radical (unpaired) electrons. The van der Waals surface area contributed by atoms with Gasteiger partial charge in [0.15, 0.2) is 5.82 Å². The van der Waals surface area contributed by atoms with Gasteiger partial charge in [0, 0.05) is 5.69 Å². The van der Waals surface area contributed by atoms with Crippen molar-refractivity contribution in [3.8, 4) is 11.6 Å². The normalized spacial score (nSPS) is 20.2. The Kier molecular flexibility index (Phi) is 3.55. The van der Waals surface area contributed by atoms with Crippen molar-refractivity contribution >= 4 is 0 Å². The molecule has 1 aliphatic heterocycles. The van der Waals surface area contributed by atoms with Gasteiger partial charge in [-0.05, 0) is 38.4 Å². The maximum absolute atomic E-state index is 5.34. The number of rotatable bonds is 2. The molecular weight excluding hydrogens is 240 g/mol. The van der Waals surface area contributed by atoms with Crippen molar-refractivity contribution in [2.24, 2.45) is 0 Å². The van der Waals surface area contributed by atoms with E-state index in [0.29, 0.717) is 5.89 Å². The summed E-state index contributed by atoms with van der Waals surface area (Å²) in [6.45, 7) is 2.98. The number of aromatic nitrogens is 3. The van der Waals surface area contributed by atoms with E-state index in [1.165, 1.54) is 19.3 Å². The van der Waals surface area contributed by atoms with Crippen LogP contribution in [0.4, 0.5) is 0 Å². The molecule has 1 unspecified atom stereocenters. The number of pyridine rings is 1. The summed E-state index contributed by atoms with van der Waals surface area (Å²) in [6, 6.07) is 6.01. The summed E-state index contributed by atoms with van der Waals surface area (Å²) in [5.41, 5.74) is 1.69. The van der Waals surface area contributed by atoms with Crippen molar-refractivity contribution in [1.82, 2.24) is 20.4 Å². The van der Waals surface area contributed by atoms with Crippen LogP contribution in [0.2, 0.25) is 0 Å². The molecule has 0 amide bonds. The van der Waals surface area contributed by atoms with Crippen LogP contribution in [0.25, 0.3) is 11.6 Å². The third kappa shape index (κ3) is 2.81. The largest absolute Gasteiger partial charge is 0.332 e. The molecule has 1 atom stereocenters. The quantitative estimate of drug-likeness (QED) is 0.897. The van der Waals surface area contributed by atoms with E-state index in [4.69, 9.17) is 4.52 Å². The van der Waals surface area contributed by atoms with Crippen LogP contribution in [0, 0.1) is 6.92 Å². The lowest BCUT2D eigenvalue weighted by Crippen LogP contribution is -2.21. The van der Waals surface area contributed by atoms with Crippen molar-refractivity contribution in [2.75, 3.05) is 6.54 Å². The fraction of sp³-hybridized carbons (Fsp3) is 0.500. The van der Waals surface area contributed by atoms with E-state index in [1.54, 1.807) is 0 Å². The number of aryl methyl sites for hydroxylation is 1. The Morgan fingerprint density at radius 2 is 2.16 bits per heavy atom. The van der Waals surface area contributed by atoms with E-state index in [-0.39, 0.29) is 6.04 Å². The highest BCUT2D eigenvalue weighted by molar-refractivity contribution is 5.46. The maximum Gasteiger partial charge on any atom is 0.276 e. The maximum atomic E-state index is 5.34. The summed E-state index contributed by atoms with van der Waals surface area (Å²) in [5, 5.41) is 7.57. The summed E-state index contributed by atoms with van der Waals surface area (Å²) in [7, 11) is 0. The second kappa shape index (κ2) is 5.48. The second-order valence-electron chi connectivity index (χ2n) is 4.98. The number of hydrogen-bond acceptors (Lipinski definition) is 5. The summed E-state index contributed by atoms with van der Waals surface area (Å²) < 4.78 is 5.34. The molecule has 0 spiro atoms. The van der Waals surface area contributed by atoms with E-state index in [2.05, 4.69) is 20.4 Å². The predicted octanol–water partition coefficient (Wildman–Crippen LogP) is 2.64. The number of nitrogens with zero attached hydrogens (tertiary/aromatic N) is 3. The zero-order chi connectivity index (χ0) is 13.1. The highest BCUT2D eigenvalue weighted by atomic mass is 16.5. The van der Waals surface area contributed by atoms with Crippen molar-refractivity contribution < 1.29 is 4.52 Å². The lowest BCUT2D eigenvalue weighted by atomic mass is 10.1. The first-order valence-electron chi connectivity index (χ1n) is 6.84. The van der Waals surface area contributed by atoms with Gasteiger partial charge in [0.25, 0.3) is 5.89 Å². The minimum Gasteiger partial charge on any atom is -0.332 e. The molecule has 2 aromatic heterocycles. The first-order valence-corrected chi connectivity index (χ1v) is 6.84. The van der Waals surface area contributed by atoms with Gasteiger partial charge in [-0.1, -0.05) is 24.1 Å². The van der Waals surface area contributed by atoms with Gasteiger partial charge in [0.2, 0.25) is 0 Å². The van der Waals surface area contributed by atoms with E-state index < -0.39 is 0 Å². The molecule has 100 valence electrons. The molecule has 3 rings (SSSR count). The van der Waals surface area contributed by atoms with E-state index in [9.17, 15) is 0 Å². The zero-order valence-electron chi connectivity index (χ0n) is 11.1. The molecule has 1 saturated heterocycles. The van der Waals surface area contributed by atoms with Gasteiger partial charge in [-0.2, -0.15) is 4.98 Å². The van der Waals surface area contributed by atoms with Gasteiger partial charge in [0.1, 0.15) is 5.69 Å². The predicted molar refractivity (Wildman–Crippen MR) is 71.5 cm³/mol. The van der Waals surface area contributed by atoms with Crippen LogP contribution >= 0.6 is 0 Å². The highest BCUT2D eigenvalue weighted by Gasteiger charge is 2.20. The topological polar surface area (TPSA) is 63.8 Å². The smallest absolute Gasteiger partial charge is 0.276 e. The average molecular weight is 258 g/mol. The summed E-state index contributed by atoms with van der Waals surface area (Å²) in [6.07, 6.45) is 4.78. The molecular formula is C14H18N4O. The Labute approximate surface area is 112 Å². The molecule has 1 N–H and O–H groups in total. The molecule has 1 fully saturated rings. The fourth-order valence-electron chi connectivity index (χ4n) is 2.39. The van der Waals surface area contributed by atoms with E-state index in [0.717, 1.165) is 30.2 Å². The molecule has 5 heteroatoms. The number of nitrogens with one attached hydrogen (secondary N) is 1. The van der Waals surface area contributed by atoms with Gasteiger partial charge in [0.05, 0.1) is 6.04 Å². The Hall–Kier alpha value is -1.75. The highest BCUT2D eigenvalue weighted by Crippen LogP contribution is 2.23. The summed E-state index contributed by atoms with van der Waals surface area (Å²) in [5.74, 6) is 1.25. The Balaban J connectivity index is 1.82. The third-order valence-corrected chi connectivity index (χ3v) is 3.42. The number of hydrogen-bond donors (Lipinski definition) is 1. The lowest BCUT2D eigenvalue weighted by Gasteiger charge is -2.09. The Morgan fingerprint density at radius 1 is 1.21 bits per heavy atom. The SMILES string of the molecule is Cc1cccc(-c2nc(C3CCCCCN3)no2)n1. The molecule has 5 nitrogen and oxygen atoms in total. The lowest BCUT2D eigenvalue weighted by molar-refractivity contribution is 0.401.